The van der Waals surface area contributed by atoms with Gasteiger partial charge in [-0.3, -0.25) is 9.69 Å². The quantitative estimate of drug-likeness (QED) is 0.704. The molecule has 1 spiro atoms. The molecule has 0 aromatic carbocycles. The number of carbonyl (C=O) groups is 2. The normalized spacial score (nSPS) is 29.5. The van der Waals surface area contributed by atoms with Crippen molar-refractivity contribution >= 4 is 35.5 Å². The molecular weight excluding hydrogens is 351 g/mol. The third-order valence-electron chi connectivity index (χ3n) is 4.48. The van der Waals surface area contributed by atoms with Crippen molar-refractivity contribution in [3.05, 3.63) is 0 Å². The van der Waals surface area contributed by atoms with Crippen molar-refractivity contribution in [3.8, 4) is 0 Å². The molecule has 3 aliphatic heterocycles. The molecule has 3 aliphatic rings. The van der Waals surface area contributed by atoms with E-state index in [1.54, 1.807) is 20.8 Å². The van der Waals surface area contributed by atoms with Crippen molar-refractivity contribution in [2.24, 2.45) is 0 Å². The number of thioether (sulfide) groups is 2. The highest BCUT2D eigenvalue weighted by molar-refractivity contribution is 8.21. The molecule has 3 rings (SSSR count). The number of hydrogen-bond acceptors (Lipinski definition) is 5. The van der Waals surface area contributed by atoms with Gasteiger partial charge in [0.15, 0.2) is 0 Å². The fraction of sp³-hybridized carbons (Fsp3) is 0.875. The Morgan fingerprint density at radius 3 is 2.54 bits per heavy atom. The molecule has 136 valence electrons. The highest BCUT2D eigenvalue weighted by atomic mass is 32.2. The van der Waals surface area contributed by atoms with E-state index in [0.717, 1.165) is 17.9 Å². The number of rotatable bonds is 1. The van der Waals surface area contributed by atoms with Crippen LogP contribution < -0.4 is 0 Å². The Morgan fingerprint density at radius 2 is 1.92 bits per heavy atom. The zero-order valence-electron chi connectivity index (χ0n) is 14.4. The minimum atomic E-state index is -1.17. The molecule has 24 heavy (non-hydrogen) atoms. The third kappa shape index (κ3) is 3.79. The van der Waals surface area contributed by atoms with E-state index in [1.807, 2.05) is 28.4 Å². The van der Waals surface area contributed by atoms with Crippen LogP contribution in [0.2, 0.25) is 0 Å². The number of nitrogens with zero attached hydrogens (tertiary/aromatic N) is 2. The topological polar surface area (TPSA) is 49.9 Å². The van der Waals surface area contributed by atoms with Crippen molar-refractivity contribution in [1.82, 2.24) is 9.80 Å². The van der Waals surface area contributed by atoms with E-state index < -0.39 is 23.9 Å². The number of ether oxygens (including phenoxy) is 1. The lowest BCUT2D eigenvalue weighted by atomic mass is 10.2. The lowest BCUT2D eigenvalue weighted by molar-refractivity contribution is -0.134. The lowest BCUT2D eigenvalue weighted by Gasteiger charge is -2.30. The van der Waals surface area contributed by atoms with Crippen molar-refractivity contribution in [1.29, 1.82) is 0 Å². The maximum atomic E-state index is 13.9. The summed E-state index contributed by atoms with van der Waals surface area (Å²) < 4.78 is 19.4. The molecule has 0 N–H and O–H groups in total. The van der Waals surface area contributed by atoms with E-state index >= 15 is 0 Å². The maximum Gasteiger partial charge on any atom is 0.411 e. The molecular formula is C16H25FN2O3S2. The van der Waals surface area contributed by atoms with Gasteiger partial charge in [0.1, 0.15) is 17.8 Å². The van der Waals surface area contributed by atoms with E-state index in [-0.39, 0.29) is 23.0 Å². The number of carbonyl (C=O) groups excluding carboxylic acids is 2. The highest BCUT2D eigenvalue weighted by Crippen LogP contribution is 2.50. The smallest absolute Gasteiger partial charge is 0.411 e. The summed E-state index contributed by atoms with van der Waals surface area (Å²) in [7, 11) is 0. The van der Waals surface area contributed by atoms with Gasteiger partial charge in [-0.15, -0.1) is 23.5 Å². The van der Waals surface area contributed by atoms with Crippen LogP contribution in [0.1, 0.15) is 33.6 Å². The predicted molar refractivity (Wildman–Crippen MR) is 95.1 cm³/mol. The molecule has 0 radical (unpaired) electrons. The summed E-state index contributed by atoms with van der Waals surface area (Å²) in [5, 5.41) is 0. The van der Waals surface area contributed by atoms with Gasteiger partial charge in [-0.05, 0) is 27.2 Å². The standard InChI is InChI=1S/C16H25FN2O3S2/c1-15(2,3)22-14(21)19-9-11(17)8-12(19)13(20)18-5-4-16(10-18)23-6-7-24-16/h11-12H,4-10H2,1-3H3/t11-,12-/m0/s1. The minimum absolute atomic E-state index is 0.0617. The first-order valence-corrected chi connectivity index (χ1v) is 10.4. The maximum absolute atomic E-state index is 13.9. The Morgan fingerprint density at radius 1 is 1.25 bits per heavy atom. The molecule has 0 aromatic rings. The summed E-state index contributed by atoms with van der Waals surface area (Å²) in [6.07, 6.45) is -0.730. The van der Waals surface area contributed by atoms with Crippen LogP contribution in [0.4, 0.5) is 9.18 Å². The second kappa shape index (κ2) is 6.59. The molecule has 3 fully saturated rings. The second-order valence-electron chi connectivity index (χ2n) is 7.60. The largest absolute Gasteiger partial charge is 0.444 e. The van der Waals surface area contributed by atoms with Gasteiger partial charge in [0.2, 0.25) is 5.91 Å². The number of likely N-dealkylation sites (tertiary alicyclic amines) is 2. The zero-order valence-corrected chi connectivity index (χ0v) is 16.1. The summed E-state index contributed by atoms with van der Waals surface area (Å²) in [6.45, 7) is 6.62. The van der Waals surface area contributed by atoms with Gasteiger partial charge in [-0.1, -0.05) is 0 Å². The van der Waals surface area contributed by atoms with Gasteiger partial charge < -0.3 is 9.64 Å². The fourth-order valence-electron chi connectivity index (χ4n) is 3.43. The van der Waals surface area contributed by atoms with E-state index in [0.29, 0.717) is 13.1 Å². The first kappa shape index (κ1) is 18.2. The Labute approximate surface area is 151 Å². The van der Waals surface area contributed by atoms with Crippen LogP contribution in [0.15, 0.2) is 0 Å². The van der Waals surface area contributed by atoms with Crippen LogP contribution in [0.5, 0.6) is 0 Å². The van der Waals surface area contributed by atoms with E-state index in [2.05, 4.69) is 0 Å². The first-order valence-electron chi connectivity index (χ1n) is 8.39. The van der Waals surface area contributed by atoms with E-state index in [9.17, 15) is 14.0 Å². The summed E-state index contributed by atoms with van der Waals surface area (Å²) in [4.78, 5) is 28.3. The van der Waals surface area contributed by atoms with Crippen molar-refractivity contribution in [3.63, 3.8) is 0 Å². The average molecular weight is 377 g/mol. The number of alkyl halides is 1. The Bertz CT molecular complexity index is 520. The summed E-state index contributed by atoms with van der Waals surface area (Å²) in [6, 6.07) is -0.735. The van der Waals surface area contributed by atoms with Crippen LogP contribution in [0, 0.1) is 0 Å². The van der Waals surface area contributed by atoms with Crippen LogP contribution in [-0.2, 0) is 9.53 Å². The highest BCUT2D eigenvalue weighted by Gasteiger charge is 2.48. The van der Waals surface area contributed by atoms with E-state index in [1.165, 1.54) is 4.90 Å². The SMILES string of the molecule is CC(C)(C)OC(=O)N1C[C@@H](F)C[C@H]1C(=O)N1CCC2(C1)SCCS2. The van der Waals surface area contributed by atoms with Gasteiger partial charge in [0.25, 0.3) is 0 Å². The van der Waals surface area contributed by atoms with Crippen molar-refractivity contribution < 1.29 is 18.7 Å². The van der Waals surface area contributed by atoms with Crippen LogP contribution in [0.25, 0.3) is 0 Å². The van der Waals surface area contributed by atoms with Crippen molar-refractivity contribution in [2.75, 3.05) is 31.1 Å². The van der Waals surface area contributed by atoms with Gasteiger partial charge in [-0.2, -0.15) is 0 Å². The molecule has 3 saturated heterocycles. The number of hydrogen-bond donors (Lipinski definition) is 0. The molecule has 3 heterocycles. The molecule has 0 aromatic heterocycles. The lowest BCUT2D eigenvalue weighted by Crippen LogP contribution is -2.48. The summed E-state index contributed by atoms with van der Waals surface area (Å²) >= 11 is 3.84. The Balaban J connectivity index is 1.67. The predicted octanol–water partition coefficient (Wildman–Crippen LogP) is 2.74. The van der Waals surface area contributed by atoms with Crippen LogP contribution in [0.3, 0.4) is 0 Å². The molecule has 0 unspecified atom stereocenters. The second-order valence-corrected chi connectivity index (χ2v) is 10.8. The molecule has 0 aliphatic carbocycles. The summed E-state index contributed by atoms with van der Waals surface area (Å²) in [5.41, 5.74) is -0.659. The average Bonchev–Trinajstić information content (AvgIpc) is 3.18. The molecule has 8 heteroatoms. The molecule has 0 bridgehead atoms. The van der Waals surface area contributed by atoms with Crippen LogP contribution >= 0.6 is 23.5 Å². The van der Waals surface area contributed by atoms with Crippen molar-refractivity contribution in [2.45, 2.75) is 55.5 Å². The number of amides is 2. The molecule has 0 saturated carbocycles. The van der Waals surface area contributed by atoms with Crippen LogP contribution in [-0.4, -0.2) is 74.8 Å². The third-order valence-corrected chi connectivity index (χ3v) is 7.98. The summed E-state index contributed by atoms with van der Waals surface area (Å²) in [5.74, 6) is 2.10. The first-order chi connectivity index (χ1) is 11.2. The molecule has 2 atom stereocenters. The van der Waals surface area contributed by atoms with E-state index in [4.69, 9.17) is 4.74 Å². The number of halogens is 1. The Kier molecular flexibility index (Phi) is 4.99. The molecule has 2 amide bonds. The van der Waals surface area contributed by atoms with Gasteiger partial charge in [0.05, 0.1) is 10.6 Å². The Hall–Kier alpha value is -0.630. The fourth-order valence-corrected chi connectivity index (χ4v) is 6.64. The molecule has 5 nitrogen and oxygen atoms in total. The zero-order chi connectivity index (χ0) is 17.5. The van der Waals surface area contributed by atoms with Gasteiger partial charge in [-0.25, -0.2) is 9.18 Å². The minimum Gasteiger partial charge on any atom is -0.444 e. The van der Waals surface area contributed by atoms with Gasteiger partial charge >= 0.3 is 6.09 Å². The van der Waals surface area contributed by atoms with Gasteiger partial charge in [0, 0.05) is 31.0 Å². The monoisotopic (exact) mass is 376 g/mol.